The number of hydrogen-bond acceptors (Lipinski definition) is 3. The van der Waals surface area contributed by atoms with Crippen molar-refractivity contribution >= 4 is 29.0 Å². The van der Waals surface area contributed by atoms with Crippen molar-refractivity contribution in [2.75, 3.05) is 5.75 Å². The van der Waals surface area contributed by atoms with E-state index in [2.05, 4.69) is 31.8 Å². The highest BCUT2D eigenvalue weighted by Crippen LogP contribution is 2.56. The largest absolute Gasteiger partial charge is 0.419 e. The zero-order valence-electron chi connectivity index (χ0n) is 11.6. The highest BCUT2D eigenvalue weighted by atomic mass is 32.3. The number of amides is 1. The van der Waals surface area contributed by atoms with E-state index in [-0.39, 0.29) is 11.0 Å². The SMILES string of the molecule is CC(C)CS1(OC(=O)NC2(S)CCCC2)C=CC=C1. The van der Waals surface area contributed by atoms with Crippen LogP contribution in [-0.4, -0.2) is 16.7 Å². The standard InChI is InChI=1S/C14H23NO2S2/c1-12(2)11-19(9-5-6-10-19)17-13(16)15-14(18)7-3-4-8-14/h5-6,9-10,12,18H,3-4,7-8,11H2,1-2H3,(H,15,16). The number of carbonyl (C=O) groups excluding carboxylic acids is 1. The number of rotatable bonds is 4. The molecule has 1 heterocycles. The van der Waals surface area contributed by atoms with Gasteiger partial charge in [0.05, 0.1) is 4.87 Å². The topological polar surface area (TPSA) is 38.3 Å². The molecule has 1 fully saturated rings. The molecule has 2 rings (SSSR count). The molecule has 0 bridgehead atoms. The molecule has 0 atom stereocenters. The maximum Gasteiger partial charge on any atom is 0.419 e. The minimum atomic E-state index is -1.54. The highest BCUT2D eigenvalue weighted by molar-refractivity contribution is 8.35. The summed E-state index contributed by atoms with van der Waals surface area (Å²) in [5.74, 6) is 1.37. The molecule has 3 nitrogen and oxygen atoms in total. The third-order valence-electron chi connectivity index (χ3n) is 3.32. The van der Waals surface area contributed by atoms with Crippen LogP contribution in [0.4, 0.5) is 4.79 Å². The van der Waals surface area contributed by atoms with Crippen molar-refractivity contribution in [2.45, 2.75) is 44.4 Å². The smallest absolute Gasteiger partial charge is 0.391 e. The van der Waals surface area contributed by atoms with Crippen LogP contribution < -0.4 is 5.32 Å². The highest BCUT2D eigenvalue weighted by Gasteiger charge is 2.34. The van der Waals surface area contributed by atoms with Crippen LogP contribution in [0.1, 0.15) is 39.5 Å². The van der Waals surface area contributed by atoms with E-state index in [0.29, 0.717) is 5.92 Å². The summed E-state index contributed by atoms with van der Waals surface area (Å²) in [5.41, 5.74) is 0. The minimum absolute atomic E-state index is 0.330. The summed E-state index contributed by atoms with van der Waals surface area (Å²) in [6.45, 7) is 4.29. The van der Waals surface area contributed by atoms with Gasteiger partial charge in [-0.05, 0) is 39.9 Å². The number of carbonyl (C=O) groups is 1. The Kier molecular flexibility index (Phi) is 4.56. The Balaban J connectivity index is 1.96. The first-order valence-corrected chi connectivity index (χ1v) is 9.13. The van der Waals surface area contributed by atoms with E-state index < -0.39 is 10.3 Å². The predicted molar refractivity (Wildman–Crippen MR) is 85.4 cm³/mol. The van der Waals surface area contributed by atoms with E-state index in [0.717, 1.165) is 31.4 Å². The van der Waals surface area contributed by atoms with Gasteiger partial charge >= 0.3 is 6.09 Å². The number of hydrogen-bond donors (Lipinski definition) is 2. The molecular formula is C14H23NO2S2. The summed E-state index contributed by atoms with van der Waals surface area (Å²) in [5, 5.41) is 7.00. The fourth-order valence-electron chi connectivity index (χ4n) is 2.56. The monoisotopic (exact) mass is 301 g/mol. The molecule has 1 aliphatic carbocycles. The molecule has 1 N–H and O–H groups in total. The lowest BCUT2D eigenvalue weighted by atomic mass is 10.2. The van der Waals surface area contributed by atoms with Crippen molar-refractivity contribution in [3.05, 3.63) is 23.0 Å². The fraction of sp³-hybridized carbons (Fsp3) is 0.643. The van der Waals surface area contributed by atoms with Gasteiger partial charge in [-0.1, -0.05) is 38.8 Å². The lowest BCUT2D eigenvalue weighted by molar-refractivity contribution is 0.200. The Morgan fingerprint density at radius 3 is 2.47 bits per heavy atom. The summed E-state index contributed by atoms with van der Waals surface area (Å²) in [6, 6.07) is 0. The summed E-state index contributed by atoms with van der Waals surface area (Å²) in [4.78, 5) is 11.7. The van der Waals surface area contributed by atoms with E-state index in [1.165, 1.54) is 0 Å². The summed E-state index contributed by atoms with van der Waals surface area (Å²) >= 11 is 4.58. The molecule has 1 saturated carbocycles. The van der Waals surface area contributed by atoms with Crippen LogP contribution in [0.3, 0.4) is 0 Å². The fourth-order valence-corrected chi connectivity index (χ4v) is 5.54. The van der Waals surface area contributed by atoms with Crippen LogP contribution in [0.15, 0.2) is 23.0 Å². The van der Waals surface area contributed by atoms with Crippen molar-refractivity contribution in [1.82, 2.24) is 5.32 Å². The molecule has 108 valence electrons. The van der Waals surface area contributed by atoms with Crippen molar-refractivity contribution in [2.24, 2.45) is 5.92 Å². The van der Waals surface area contributed by atoms with E-state index in [1.807, 2.05) is 23.0 Å². The molecule has 0 aromatic rings. The zero-order valence-corrected chi connectivity index (χ0v) is 13.3. The Hall–Kier alpha value is -0.550. The maximum absolute atomic E-state index is 12.1. The van der Waals surface area contributed by atoms with Gasteiger partial charge < -0.3 is 9.50 Å². The third-order valence-corrected chi connectivity index (χ3v) is 6.76. The van der Waals surface area contributed by atoms with Gasteiger partial charge in [-0.25, -0.2) is 4.79 Å². The van der Waals surface area contributed by atoms with Gasteiger partial charge in [-0.15, -0.1) is 0 Å². The minimum Gasteiger partial charge on any atom is -0.391 e. The van der Waals surface area contributed by atoms with E-state index in [4.69, 9.17) is 4.18 Å². The average molecular weight is 301 g/mol. The maximum atomic E-state index is 12.1. The van der Waals surface area contributed by atoms with Crippen molar-refractivity contribution < 1.29 is 8.98 Å². The lowest BCUT2D eigenvalue weighted by Crippen LogP contribution is -2.42. The van der Waals surface area contributed by atoms with Crippen LogP contribution in [0, 0.1) is 5.92 Å². The van der Waals surface area contributed by atoms with Crippen molar-refractivity contribution in [1.29, 1.82) is 0 Å². The number of nitrogens with one attached hydrogen (secondary N) is 1. The molecule has 19 heavy (non-hydrogen) atoms. The zero-order chi connectivity index (χ0) is 13.9. The van der Waals surface area contributed by atoms with Gasteiger partial charge in [0.25, 0.3) is 0 Å². The first kappa shape index (κ1) is 14.9. The van der Waals surface area contributed by atoms with Crippen molar-refractivity contribution in [3.8, 4) is 0 Å². The summed E-state index contributed by atoms with van der Waals surface area (Å²) < 4.78 is 5.75. The molecule has 5 heteroatoms. The first-order valence-electron chi connectivity index (χ1n) is 6.83. The normalized spacial score (nSPS) is 24.6. The van der Waals surface area contributed by atoms with Gasteiger partial charge in [0.15, 0.2) is 0 Å². The van der Waals surface area contributed by atoms with Gasteiger partial charge in [0, 0.05) is 5.75 Å². The average Bonchev–Trinajstić information content (AvgIpc) is 2.87. The number of allylic oxidation sites excluding steroid dienone is 2. The van der Waals surface area contributed by atoms with E-state index >= 15 is 0 Å². The molecule has 0 spiro atoms. The second kappa shape index (κ2) is 5.83. The molecule has 0 aromatic heterocycles. The van der Waals surface area contributed by atoms with Crippen LogP contribution in [0.25, 0.3) is 0 Å². The molecule has 0 aromatic carbocycles. The Bertz CT molecular complexity index is 386. The second-order valence-electron chi connectivity index (χ2n) is 5.73. The molecule has 1 amide bonds. The van der Waals surface area contributed by atoms with E-state index in [9.17, 15) is 4.79 Å². The van der Waals surface area contributed by atoms with Crippen LogP contribution in [-0.2, 0) is 4.18 Å². The second-order valence-corrected chi connectivity index (χ2v) is 9.19. The summed E-state index contributed by atoms with van der Waals surface area (Å²) in [7, 11) is -1.54. The van der Waals surface area contributed by atoms with Gasteiger partial charge in [0.1, 0.15) is 0 Å². The van der Waals surface area contributed by atoms with E-state index in [1.54, 1.807) is 0 Å². The molecule has 0 saturated heterocycles. The van der Waals surface area contributed by atoms with Gasteiger partial charge in [0.2, 0.25) is 0 Å². The van der Waals surface area contributed by atoms with Crippen LogP contribution in [0.5, 0.6) is 0 Å². The van der Waals surface area contributed by atoms with Crippen LogP contribution >= 0.6 is 22.9 Å². The Morgan fingerprint density at radius 1 is 1.37 bits per heavy atom. The number of thiol groups is 1. The van der Waals surface area contributed by atoms with Crippen LogP contribution in [0.2, 0.25) is 0 Å². The first-order chi connectivity index (χ1) is 8.93. The van der Waals surface area contributed by atoms with Crippen molar-refractivity contribution in [3.63, 3.8) is 0 Å². The Labute approximate surface area is 122 Å². The molecular weight excluding hydrogens is 278 g/mol. The molecule has 2 aliphatic rings. The molecule has 1 aliphatic heterocycles. The summed E-state index contributed by atoms with van der Waals surface area (Å²) in [6.07, 6.45) is 7.69. The molecule has 0 radical (unpaired) electrons. The van der Waals surface area contributed by atoms with Gasteiger partial charge in [-0.2, -0.15) is 12.6 Å². The lowest BCUT2D eigenvalue weighted by Gasteiger charge is -2.34. The predicted octanol–water partition coefficient (Wildman–Crippen LogP) is 4.33. The molecule has 0 unspecified atom stereocenters. The van der Waals surface area contributed by atoms with Gasteiger partial charge in [-0.3, -0.25) is 0 Å². The quantitative estimate of drug-likeness (QED) is 0.599. The third kappa shape index (κ3) is 3.96. The Morgan fingerprint density at radius 2 is 1.95 bits per heavy atom.